The number of benzene rings is 1. The number of hydrogen-bond acceptors (Lipinski definition) is 10. The first-order valence-electron chi connectivity index (χ1n) is 17.9. The minimum atomic E-state index is -1.22. The van der Waals surface area contributed by atoms with Gasteiger partial charge in [0.25, 0.3) is 0 Å². The van der Waals surface area contributed by atoms with E-state index in [1.807, 2.05) is 20.8 Å². The number of esters is 1. The molecule has 0 bridgehead atoms. The number of hydrogen-bond donors (Lipinski definition) is 6. The third kappa shape index (κ3) is 14.7. The molecule has 4 atom stereocenters. The van der Waals surface area contributed by atoms with E-state index in [1.54, 1.807) is 58.9 Å². The van der Waals surface area contributed by atoms with Crippen molar-refractivity contribution in [3.05, 3.63) is 29.8 Å². The van der Waals surface area contributed by atoms with Crippen molar-refractivity contribution in [3.63, 3.8) is 0 Å². The Morgan fingerprint density at radius 2 is 1.59 bits per heavy atom. The van der Waals surface area contributed by atoms with Crippen molar-refractivity contribution in [2.75, 3.05) is 18.4 Å². The number of nitrogens with zero attached hydrogens (tertiary/aromatic N) is 1. The largest absolute Gasteiger partial charge is 0.460 e. The highest BCUT2D eigenvalue weighted by molar-refractivity contribution is 6.04. The maximum absolute atomic E-state index is 13.5. The van der Waals surface area contributed by atoms with E-state index >= 15 is 0 Å². The van der Waals surface area contributed by atoms with Crippen molar-refractivity contribution >= 4 is 41.2 Å². The fourth-order valence-corrected chi connectivity index (χ4v) is 5.47. The molecule has 1 aliphatic heterocycles. The molecule has 1 saturated heterocycles. The number of rotatable bonds is 19. The van der Waals surface area contributed by atoms with Crippen LogP contribution in [0, 0.1) is 22.7 Å². The van der Waals surface area contributed by atoms with Gasteiger partial charge in [0, 0.05) is 25.1 Å². The summed E-state index contributed by atoms with van der Waals surface area (Å²) in [6.07, 6.45) is 1.50. The Balaban J connectivity index is 1.95. The smallest absolute Gasteiger partial charge is 0.311 e. The Kier molecular flexibility index (Phi) is 16.7. The number of carbonyl (C=O) groups is 6. The fourth-order valence-electron chi connectivity index (χ4n) is 5.47. The van der Waals surface area contributed by atoms with Gasteiger partial charge in [0.05, 0.1) is 11.3 Å². The van der Waals surface area contributed by atoms with Crippen molar-refractivity contribution in [2.45, 2.75) is 125 Å². The van der Waals surface area contributed by atoms with E-state index in [2.05, 4.69) is 21.3 Å². The second-order valence-corrected chi connectivity index (χ2v) is 15.7. The van der Waals surface area contributed by atoms with E-state index in [0.29, 0.717) is 44.5 Å². The van der Waals surface area contributed by atoms with Crippen LogP contribution in [0.3, 0.4) is 0 Å². The molecule has 5 amide bonds. The summed E-state index contributed by atoms with van der Waals surface area (Å²) in [4.78, 5) is 78.3. The van der Waals surface area contributed by atoms with Crippen LogP contribution >= 0.6 is 0 Å². The summed E-state index contributed by atoms with van der Waals surface area (Å²) in [5.41, 5.74) is 5.65. The third-order valence-corrected chi connectivity index (χ3v) is 8.70. The molecule has 0 aliphatic carbocycles. The first-order valence-corrected chi connectivity index (χ1v) is 17.9. The van der Waals surface area contributed by atoms with Crippen molar-refractivity contribution in [3.8, 4) is 0 Å². The molecular weight excluding hydrogens is 656 g/mol. The average molecular weight is 717 g/mol. The molecule has 2 rings (SSSR count). The average Bonchev–Trinajstić information content (AvgIpc) is 3.32. The molecule has 7 N–H and O–H groups in total. The quantitative estimate of drug-likeness (QED) is 0.0534. The molecule has 0 spiro atoms. The lowest BCUT2D eigenvalue weighted by atomic mass is 9.80. The molecule has 1 aromatic rings. The lowest BCUT2D eigenvalue weighted by Crippen LogP contribution is -2.54. The van der Waals surface area contributed by atoms with Gasteiger partial charge in [0.2, 0.25) is 29.5 Å². The predicted molar refractivity (Wildman–Crippen MR) is 193 cm³/mol. The number of nitrogens with two attached hydrogens (primary N) is 1. The van der Waals surface area contributed by atoms with Crippen LogP contribution in [0.25, 0.3) is 0 Å². The van der Waals surface area contributed by atoms with Crippen LogP contribution in [0.4, 0.5) is 5.69 Å². The summed E-state index contributed by atoms with van der Waals surface area (Å²) in [5, 5.41) is 20.4. The molecule has 286 valence electrons. The normalized spacial score (nSPS) is 16.8. The predicted octanol–water partition coefficient (Wildman–Crippen LogP) is 2.93. The van der Waals surface area contributed by atoms with E-state index in [0.717, 1.165) is 5.56 Å². The van der Waals surface area contributed by atoms with Gasteiger partial charge in [-0.05, 0) is 82.0 Å². The van der Waals surface area contributed by atoms with Gasteiger partial charge in [-0.3, -0.25) is 44.7 Å². The van der Waals surface area contributed by atoms with Crippen molar-refractivity contribution in [1.29, 1.82) is 0 Å². The number of ether oxygens (including phenoxy) is 1. The highest BCUT2D eigenvalue weighted by atomic mass is 16.5. The minimum Gasteiger partial charge on any atom is -0.460 e. The van der Waals surface area contributed by atoms with Crippen LogP contribution in [0.5, 0.6) is 0 Å². The standard InChI is InChI=1S/C37H60N6O8/c1-23(2)30(42-28(44)14-10-9-11-20-43-29(45)21-26(33(43)48)36(3,4)5)32(47)41-27(13-12-19-39-35(38)50)31(46)40-25-17-15-24(16-18-25)22-51-34(49)37(6,7)8/h15-18,23,26-27,30,35,39,50H,9-14,19-22,38H2,1-8H3,(H,40,46)(H,41,47)(H,42,44)/t26?,27-,30-,35?/m0/s1. The molecule has 1 aromatic carbocycles. The third-order valence-electron chi connectivity index (χ3n) is 8.70. The monoisotopic (exact) mass is 716 g/mol. The summed E-state index contributed by atoms with van der Waals surface area (Å²) in [6.45, 7) is 15.5. The van der Waals surface area contributed by atoms with Crippen molar-refractivity contribution in [1.82, 2.24) is 20.9 Å². The molecule has 2 unspecified atom stereocenters. The Labute approximate surface area is 302 Å². The number of aliphatic hydroxyl groups excluding tert-OH is 1. The molecule has 14 heteroatoms. The maximum atomic E-state index is 13.5. The summed E-state index contributed by atoms with van der Waals surface area (Å²) < 4.78 is 5.35. The summed E-state index contributed by atoms with van der Waals surface area (Å²) in [7, 11) is 0. The zero-order chi connectivity index (χ0) is 38.5. The van der Waals surface area contributed by atoms with E-state index in [9.17, 15) is 33.9 Å². The second-order valence-electron chi connectivity index (χ2n) is 15.7. The number of anilines is 1. The summed E-state index contributed by atoms with van der Waals surface area (Å²) in [6, 6.07) is 4.93. The Hall–Kier alpha value is -3.88. The molecule has 1 aliphatic rings. The molecule has 0 aromatic heterocycles. The van der Waals surface area contributed by atoms with Gasteiger partial charge < -0.3 is 25.8 Å². The van der Waals surface area contributed by atoms with Crippen LogP contribution in [0.1, 0.15) is 106 Å². The molecule has 0 saturated carbocycles. The van der Waals surface area contributed by atoms with E-state index in [1.165, 1.54) is 4.90 Å². The number of aliphatic hydroxyl groups is 1. The van der Waals surface area contributed by atoms with Crippen molar-refractivity contribution < 1.29 is 38.6 Å². The molecule has 51 heavy (non-hydrogen) atoms. The van der Waals surface area contributed by atoms with Crippen LogP contribution in [0.2, 0.25) is 0 Å². The number of carbonyl (C=O) groups excluding carboxylic acids is 6. The first kappa shape index (κ1) is 43.3. The van der Waals surface area contributed by atoms with Crippen LogP contribution in [-0.2, 0) is 40.1 Å². The van der Waals surface area contributed by atoms with Gasteiger partial charge in [-0.2, -0.15) is 0 Å². The SMILES string of the molecule is CC(C)[C@H](NC(=O)CCCCCN1C(=O)CC(C(C)(C)C)C1=O)C(=O)N[C@@H](CCCNC(N)O)C(=O)Nc1ccc(COC(=O)C(C)(C)C)cc1. The van der Waals surface area contributed by atoms with Crippen LogP contribution in [0.15, 0.2) is 24.3 Å². The van der Waals surface area contributed by atoms with Gasteiger partial charge in [0.15, 0.2) is 6.35 Å². The second kappa shape index (κ2) is 19.7. The number of imide groups is 1. The molecule has 14 nitrogen and oxygen atoms in total. The maximum Gasteiger partial charge on any atom is 0.311 e. The number of amides is 5. The summed E-state index contributed by atoms with van der Waals surface area (Å²) >= 11 is 0. The zero-order valence-corrected chi connectivity index (χ0v) is 31.6. The van der Waals surface area contributed by atoms with E-state index in [-0.39, 0.29) is 66.8 Å². The van der Waals surface area contributed by atoms with E-state index in [4.69, 9.17) is 10.5 Å². The lowest BCUT2D eigenvalue weighted by Gasteiger charge is -2.25. The highest BCUT2D eigenvalue weighted by Gasteiger charge is 2.44. The molecular formula is C37H60N6O8. The van der Waals surface area contributed by atoms with Crippen LogP contribution < -0.4 is 27.0 Å². The Morgan fingerprint density at radius 1 is 0.941 bits per heavy atom. The number of likely N-dealkylation sites (tertiary alicyclic amines) is 1. The van der Waals surface area contributed by atoms with Gasteiger partial charge in [-0.1, -0.05) is 53.2 Å². The lowest BCUT2D eigenvalue weighted by molar-refractivity contribution is -0.154. The highest BCUT2D eigenvalue weighted by Crippen LogP contribution is 2.35. The minimum absolute atomic E-state index is 0.0873. The summed E-state index contributed by atoms with van der Waals surface area (Å²) in [5.74, 6) is -2.52. The zero-order valence-electron chi connectivity index (χ0n) is 31.6. The van der Waals surface area contributed by atoms with Crippen molar-refractivity contribution in [2.24, 2.45) is 28.4 Å². The first-order chi connectivity index (χ1) is 23.7. The molecule has 1 fully saturated rings. The number of nitrogens with one attached hydrogen (secondary N) is 4. The molecule has 1 heterocycles. The fraction of sp³-hybridized carbons (Fsp3) is 0.676. The van der Waals surface area contributed by atoms with Gasteiger partial charge >= 0.3 is 5.97 Å². The van der Waals surface area contributed by atoms with Gasteiger partial charge in [0.1, 0.15) is 18.7 Å². The van der Waals surface area contributed by atoms with Crippen LogP contribution in [-0.4, -0.2) is 77.0 Å². The molecule has 0 radical (unpaired) electrons. The topological polar surface area (TPSA) is 209 Å². The number of unbranched alkanes of at least 4 members (excludes halogenated alkanes) is 2. The van der Waals surface area contributed by atoms with Gasteiger partial charge in [-0.15, -0.1) is 0 Å². The van der Waals surface area contributed by atoms with Gasteiger partial charge in [-0.25, -0.2) is 0 Å². The van der Waals surface area contributed by atoms with E-state index < -0.39 is 35.7 Å². The Morgan fingerprint density at radius 3 is 2.14 bits per heavy atom. The Bertz CT molecular complexity index is 1350.